The summed E-state index contributed by atoms with van der Waals surface area (Å²) in [6, 6.07) is 9.85. The van der Waals surface area contributed by atoms with Crippen molar-refractivity contribution in [2.24, 2.45) is 0 Å². The second-order valence-corrected chi connectivity index (χ2v) is 2.66. The first-order chi connectivity index (χ1) is 6.33. The zero-order valence-electron chi connectivity index (χ0n) is 7.62. The number of rotatable bonds is 4. The van der Waals surface area contributed by atoms with E-state index in [-0.39, 0.29) is 5.97 Å². The van der Waals surface area contributed by atoms with E-state index < -0.39 is 0 Å². The third-order valence-electron chi connectivity index (χ3n) is 1.68. The Hall–Kier alpha value is -1.35. The minimum absolute atomic E-state index is 0.230. The molecule has 0 aliphatic carbocycles. The molecule has 0 unspecified atom stereocenters. The molecule has 0 fully saturated rings. The SMILES string of the molecule is CNOC(=O)CCc1ccccc1. The molecule has 3 heteroatoms. The van der Waals surface area contributed by atoms with Gasteiger partial charge in [-0.1, -0.05) is 30.3 Å². The Morgan fingerprint density at radius 2 is 2.08 bits per heavy atom. The third kappa shape index (κ3) is 3.71. The van der Waals surface area contributed by atoms with Gasteiger partial charge in [-0.05, 0) is 12.0 Å². The predicted octanol–water partition coefficient (Wildman–Crippen LogP) is 1.30. The molecule has 0 bridgehead atoms. The Kier molecular flexibility index (Phi) is 3.99. The van der Waals surface area contributed by atoms with Crippen LogP contribution in [0.1, 0.15) is 12.0 Å². The first-order valence-corrected chi connectivity index (χ1v) is 4.23. The van der Waals surface area contributed by atoms with Gasteiger partial charge in [0.15, 0.2) is 0 Å². The summed E-state index contributed by atoms with van der Waals surface area (Å²) in [5, 5.41) is 0. The van der Waals surface area contributed by atoms with Gasteiger partial charge < -0.3 is 4.84 Å². The van der Waals surface area contributed by atoms with Crippen molar-refractivity contribution >= 4 is 5.97 Å². The minimum Gasteiger partial charge on any atom is -0.371 e. The minimum atomic E-state index is -0.230. The van der Waals surface area contributed by atoms with E-state index in [9.17, 15) is 4.79 Å². The molecule has 1 aromatic carbocycles. The van der Waals surface area contributed by atoms with E-state index in [4.69, 9.17) is 0 Å². The second-order valence-electron chi connectivity index (χ2n) is 2.66. The van der Waals surface area contributed by atoms with E-state index in [2.05, 4.69) is 10.3 Å². The van der Waals surface area contributed by atoms with Crippen molar-refractivity contribution in [3.63, 3.8) is 0 Å². The molecule has 0 aromatic heterocycles. The van der Waals surface area contributed by atoms with E-state index in [1.807, 2.05) is 30.3 Å². The normalized spacial score (nSPS) is 9.62. The van der Waals surface area contributed by atoms with Gasteiger partial charge in [0.2, 0.25) is 0 Å². The van der Waals surface area contributed by atoms with E-state index >= 15 is 0 Å². The van der Waals surface area contributed by atoms with Gasteiger partial charge in [0.05, 0.1) is 6.42 Å². The monoisotopic (exact) mass is 179 g/mol. The summed E-state index contributed by atoms with van der Waals surface area (Å²) in [4.78, 5) is 15.5. The van der Waals surface area contributed by atoms with E-state index in [1.165, 1.54) is 0 Å². The smallest absolute Gasteiger partial charge is 0.325 e. The molecule has 0 spiro atoms. The van der Waals surface area contributed by atoms with Crippen LogP contribution >= 0.6 is 0 Å². The van der Waals surface area contributed by atoms with Gasteiger partial charge in [0, 0.05) is 7.05 Å². The maximum atomic E-state index is 10.9. The highest BCUT2D eigenvalue weighted by molar-refractivity contribution is 5.69. The van der Waals surface area contributed by atoms with Crippen molar-refractivity contribution in [2.75, 3.05) is 7.05 Å². The number of hydroxylamine groups is 1. The van der Waals surface area contributed by atoms with Crippen LogP contribution in [0.15, 0.2) is 30.3 Å². The zero-order chi connectivity index (χ0) is 9.52. The van der Waals surface area contributed by atoms with Crippen LogP contribution in [0.3, 0.4) is 0 Å². The van der Waals surface area contributed by atoms with Crippen molar-refractivity contribution in [2.45, 2.75) is 12.8 Å². The quantitative estimate of drug-likeness (QED) is 0.708. The largest absolute Gasteiger partial charge is 0.371 e. The molecule has 1 aromatic rings. The summed E-state index contributed by atoms with van der Waals surface area (Å²) in [6.45, 7) is 0. The zero-order valence-corrected chi connectivity index (χ0v) is 7.62. The molecule has 0 aliphatic rings. The summed E-state index contributed by atoms with van der Waals surface area (Å²) < 4.78 is 0. The van der Waals surface area contributed by atoms with Crippen molar-refractivity contribution in [1.29, 1.82) is 0 Å². The van der Waals surface area contributed by atoms with Gasteiger partial charge in [-0.25, -0.2) is 0 Å². The van der Waals surface area contributed by atoms with Crippen LogP contribution < -0.4 is 5.48 Å². The summed E-state index contributed by atoms with van der Waals surface area (Å²) in [5.41, 5.74) is 3.50. The number of aryl methyl sites for hydroxylation is 1. The lowest BCUT2D eigenvalue weighted by Gasteiger charge is -2.01. The van der Waals surface area contributed by atoms with Gasteiger partial charge in [-0.15, -0.1) is 0 Å². The van der Waals surface area contributed by atoms with Crippen molar-refractivity contribution < 1.29 is 9.63 Å². The van der Waals surface area contributed by atoms with E-state index in [1.54, 1.807) is 7.05 Å². The average molecular weight is 179 g/mol. The lowest BCUT2D eigenvalue weighted by Crippen LogP contribution is -2.15. The average Bonchev–Trinajstić information content (AvgIpc) is 2.17. The van der Waals surface area contributed by atoms with Gasteiger partial charge in [-0.3, -0.25) is 4.79 Å². The molecule has 13 heavy (non-hydrogen) atoms. The van der Waals surface area contributed by atoms with Crippen molar-refractivity contribution in [3.8, 4) is 0 Å². The fourth-order valence-electron chi connectivity index (χ4n) is 1.06. The second kappa shape index (κ2) is 5.32. The molecule has 0 aliphatic heterocycles. The van der Waals surface area contributed by atoms with Gasteiger partial charge >= 0.3 is 5.97 Å². The highest BCUT2D eigenvalue weighted by Crippen LogP contribution is 2.02. The lowest BCUT2D eigenvalue weighted by atomic mass is 10.1. The summed E-state index contributed by atoms with van der Waals surface area (Å²) >= 11 is 0. The highest BCUT2D eigenvalue weighted by atomic mass is 16.7. The Morgan fingerprint density at radius 3 is 2.69 bits per heavy atom. The number of nitrogens with one attached hydrogen (secondary N) is 1. The molecule has 0 saturated carbocycles. The molecule has 0 heterocycles. The summed E-state index contributed by atoms with van der Waals surface area (Å²) in [5.74, 6) is -0.230. The standard InChI is InChI=1S/C10H13NO2/c1-11-13-10(12)8-7-9-5-3-2-4-6-9/h2-6,11H,7-8H2,1H3. The van der Waals surface area contributed by atoms with Gasteiger partial charge in [0.1, 0.15) is 0 Å². The predicted molar refractivity (Wildman–Crippen MR) is 49.9 cm³/mol. The maximum absolute atomic E-state index is 10.9. The molecule has 0 atom stereocenters. The van der Waals surface area contributed by atoms with Crippen LogP contribution in [-0.4, -0.2) is 13.0 Å². The molecular weight excluding hydrogens is 166 g/mol. The van der Waals surface area contributed by atoms with E-state index in [0.29, 0.717) is 6.42 Å². The molecular formula is C10H13NO2. The topological polar surface area (TPSA) is 38.3 Å². The molecule has 0 radical (unpaired) electrons. The lowest BCUT2D eigenvalue weighted by molar-refractivity contribution is -0.149. The number of carbonyl (C=O) groups is 1. The Morgan fingerprint density at radius 1 is 1.38 bits per heavy atom. The third-order valence-corrected chi connectivity index (χ3v) is 1.68. The summed E-state index contributed by atoms with van der Waals surface area (Å²) in [6.07, 6.45) is 1.13. The number of carbonyl (C=O) groups excluding carboxylic acids is 1. The molecule has 0 amide bonds. The Balaban J connectivity index is 2.31. The highest BCUT2D eigenvalue weighted by Gasteiger charge is 2.01. The van der Waals surface area contributed by atoms with Crippen LogP contribution in [0.5, 0.6) is 0 Å². The summed E-state index contributed by atoms with van der Waals surface area (Å²) in [7, 11) is 1.57. The van der Waals surface area contributed by atoms with Gasteiger partial charge in [0.25, 0.3) is 0 Å². The van der Waals surface area contributed by atoms with Crippen LogP contribution in [-0.2, 0) is 16.1 Å². The van der Waals surface area contributed by atoms with Crippen LogP contribution in [0, 0.1) is 0 Å². The Labute approximate surface area is 77.7 Å². The first-order valence-electron chi connectivity index (χ1n) is 4.23. The number of benzene rings is 1. The Bertz CT molecular complexity index is 259. The molecule has 0 saturated heterocycles. The number of hydrogen-bond acceptors (Lipinski definition) is 3. The van der Waals surface area contributed by atoms with E-state index in [0.717, 1.165) is 12.0 Å². The molecule has 70 valence electrons. The molecule has 1 N–H and O–H groups in total. The van der Waals surface area contributed by atoms with Crippen molar-refractivity contribution in [3.05, 3.63) is 35.9 Å². The van der Waals surface area contributed by atoms with Crippen LogP contribution in [0.2, 0.25) is 0 Å². The molecule has 3 nitrogen and oxygen atoms in total. The van der Waals surface area contributed by atoms with Crippen molar-refractivity contribution in [1.82, 2.24) is 5.48 Å². The molecule has 1 rings (SSSR count). The van der Waals surface area contributed by atoms with Crippen LogP contribution in [0.4, 0.5) is 0 Å². The van der Waals surface area contributed by atoms with Gasteiger partial charge in [-0.2, -0.15) is 5.48 Å². The first kappa shape index (κ1) is 9.74. The fourth-order valence-corrected chi connectivity index (χ4v) is 1.06. The number of hydrogen-bond donors (Lipinski definition) is 1. The van der Waals surface area contributed by atoms with Crippen LogP contribution in [0.25, 0.3) is 0 Å². The fraction of sp³-hybridized carbons (Fsp3) is 0.300. The maximum Gasteiger partial charge on any atom is 0.325 e.